The molecule has 1 aliphatic rings. The zero-order chi connectivity index (χ0) is 18.4. The Bertz CT molecular complexity index is 625. The number of carbonyl (C=O) groups is 1. The highest BCUT2D eigenvalue weighted by molar-refractivity contribution is 14.0. The lowest BCUT2D eigenvalue weighted by Gasteiger charge is -2.40. The molecule has 26 heavy (non-hydrogen) atoms. The maximum atomic E-state index is 11.9. The van der Waals surface area contributed by atoms with Crippen LogP contribution >= 0.6 is 24.0 Å². The number of rotatable bonds is 4. The summed E-state index contributed by atoms with van der Waals surface area (Å²) in [5, 5.41) is 6.57. The van der Waals surface area contributed by atoms with E-state index >= 15 is 0 Å². The quantitative estimate of drug-likeness (QED) is 0.397. The summed E-state index contributed by atoms with van der Waals surface area (Å²) in [6.45, 7) is 7.45. The molecule has 1 saturated heterocycles. The molecule has 0 atom stereocenters. The molecule has 0 radical (unpaired) electrons. The summed E-state index contributed by atoms with van der Waals surface area (Å²) in [5.41, 5.74) is 0.635. The van der Waals surface area contributed by atoms with E-state index in [2.05, 4.69) is 15.6 Å². The Morgan fingerprint density at radius 1 is 1.35 bits per heavy atom. The number of nitrogens with one attached hydrogen (secondary N) is 2. The standard InChI is InChI=1S/C18H28N4O3.HI/c1-18(2,3)25-17(23)22-11-14(12-22)21-16(19-4)20-10-13-7-6-8-15(9-13)24-5;/h6-9,14H,10-12H2,1-5H3,(H2,19,20,21);1H. The second-order valence-corrected chi connectivity index (χ2v) is 7.00. The zero-order valence-electron chi connectivity index (χ0n) is 16.0. The van der Waals surface area contributed by atoms with Gasteiger partial charge in [0.25, 0.3) is 0 Å². The molecule has 1 aromatic carbocycles. The normalized spacial score (nSPS) is 14.8. The van der Waals surface area contributed by atoms with Gasteiger partial charge in [0, 0.05) is 26.7 Å². The number of guanidine groups is 1. The van der Waals surface area contributed by atoms with Crippen molar-refractivity contribution in [1.29, 1.82) is 0 Å². The van der Waals surface area contributed by atoms with Crippen molar-refractivity contribution in [3.8, 4) is 5.75 Å². The number of likely N-dealkylation sites (tertiary alicyclic amines) is 1. The van der Waals surface area contributed by atoms with Crippen molar-refractivity contribution in [2.45, 2.75) is 39.0 Å². The van der Waals surface area contributed by atoms with Crippen molar-refractivity contribution >= 4 is 36.0 Å². The Hall–Kier alpha value is -1.71. The van der Waals surface area contributed by atoms with Crippen LogP contribution in [0.25, 0.3) is 0 Å². The number of hydrogen-bond donors (Lipinski definition) is 2. The van der Waals surface area contributed by atoms with Crippen molar-refractivity contribution in [2.24, 2.45) is 4.99 Å². The molecule has 1 aliphatic heterocycles. The van der Waals surface area contributed by atoms with Crippen LogP contribution in [0.2, 0.25) is 0 Å². The zero-order valence-corrected chi connectivity index (χ0v) is 18.4. The van der Waals surface area contributed by atoms with Gasteiger partial charge in [0.05, 0.1) is 13.2 Å². The van der Waals surface area contributed by atoms with Crippen LogP contribution in [0.15, 0.2) is 29.3 Å². The second-order valence-electron chi connectivity index (χ2n) is 7.00. The first kappa shape index (κ1) is 22.3. The molecule has 0 spiro atoms. The van der Waals surface area contributed by atoms with E-state index in [1.807, 2.05) is 45.0 Å². The summed E-state index contributed by atoms with van der Waals surface area (Å²) >= 11 is 0. The molecule has 1 fully saturated rings. The van der Waals surface area contributed by atoms with Crippen molar-refractivity contribution in [1.82, 2.24) is 15.5 Å². The summed E-state index contributed by atoms with van der Waals surface area (Å²) in [6, 6.07) is 8.04. The average molecular weight is 476 g/mol. The number of aliphatic imine (C=N–C) groups is 1. The fourth-order valence-electron chi connectivity index (χ4n) is 2.40. The van der Waals surface area contributed by atoms with Crippen molar-refractivity contribution in [3.63, 3.8) is 0 Å². The first-order valence-electron chi connectivity index (χ1n) is 8.39. The first-order chi connectivity index (χ1) is 11.8. The van der Waals surface area contributed by atoms with Gasteiger partial charge in [-0.15, -0.1) is 24.0 Å². The molecular weight excluding hydrogens is 447 g/mol. The largest absolute Gasteiger partial charge is 0.497 e. The lowest BCUT2D eigenvalue weighted by Crippen LogP contribution is -2.63. The van der Waals surface area contributed by atoms with Crippen LogP contribution in [0.1, 0.15) is 26.3 Å². The molecule has 1 amide bonds. The van der Waals surface area contributed by atoms with Gasteiger partial charge in [-0.05, 0) is 38.5 Å². The number of amides is 1. The first-order valence-corrected chi connectivity index (χ1v) is 8.39. The maximum absolute atomic E-state index is 11.9. The second kappa shape index (κ2) is 9.84. The molecular formula is C18H29IN4O3. The Morgan fingerprint density at radius 3 is 2.62 bits per heavy atom. The van der Waals surface area contributed by atoms with E-state index in [0.29, 0.717) is 25.6 Å². The highest BCUT2D eigenvalue weighted by Gasteiger charge is 2.34. The fraction of sp³-hybridized carbons (Fsp3) is 0.556. The minimum atomic E-state index is -0.468. The van der Waals surface area contributed by atoms with E-state index in [4.69, 9.17) is 9.47 Å². The molecule has 146 valence electrons. The SMILES string of the molecule is CN=C(NCc1cccc(OC)c1)NC1CN(C(=O)OC(C)(C)C)C1.I. The summed E-state index contributed by atoms with van der Waals surface area (Å²) in [4.78, 5) is 17.8. The van der Waals surface area contributed by atoms with Gasteiger partial charge in [-0.1, -0.05) is 12.1 Å². The monoisotopic (exact) mass is 476 g/mol. The van der Waals surface area contributed by atoms with Crippen LogP contribution < -0.4 is 15.4 Å². The minimum absolute atomic E-state index is 0. The van der Waals surface area contributed by atoms with Gasteiger partial charge >= 0.3 is 6.09 Å². The Labute approximate surface area is 172 Å². The number of nitrogens with zero attached hydrogens (tertiary/aromatic N) is 2. The van der Waals surface area contributed by atoms with Gasteiger partial charge in [-0.2, -0.15) is 0 Å². The maximum Gasteiger partial charge on any atom is 0.410 e. The number of benzene rings is 1. The third kappa shape index (κ3) is 6.89. The van der Waals surface area contributed by atoms with Crippen molar-refractivity contribution < 1.29 is 14.3 Å². The van der Waals surface area contributed by atoms with Gasteiger partial charge in [-0.25, -0.2) is 4.79 Å². The number of carbonyl (C=O) groups excluding carboxylic acids is 1. The number of ether oxygens (including phenoxy) is 2. The van der Waals surface area contributed by atoms with Crippen LogP contribution in [-0.2, 0) is 11.3 Å². The Kier molecular flexibility index (Phi) is 8.45. The van der Waals surface area contributed by atoms with E-state index in [1.165, 1.54) is 0 Å². The van der Waals surface area contributed by atoms with E-state index in [-0.39, 0.29) is 36.1 Å². The fourth-order valence-corrected chi connectivity index (χ4v) is 2.40. The number of methoxy groups -OCH3 is 1. The average Bonchev–Trinajstić information content (AvgIpc) is 2.51. The van der Waals surface area contributed by atoms with Crippen LogP contribution in [0.4, 0.5) is 4.79 Å². The van der Waals surface area contributed by atoms with Gasteiger partial charge in [0.2, 0.25) is 0 Å². The molecule has 0 unspecified atom stereocenters. The van der Waals surface area contributed by atoms with Gasteiger partial charge < -0.3 is 25.0 Å². The lowest BCUT2D eigenvalue weighted by atomic mass is 10.1. The van der Waals surface area contributed by atoms with E-state index in [1.54, 1.807) is 19.1 Å². The van der Waals surface area contributed by atoms with Crippen LogP contribution in [0.5, 0.6) is 5.75 Å². The molecule has 1 heterocycles. The third-order valence-electron chi connectivity index (χ3n) is 3.69. The Morgan fingerprint density at radius 2 is 2.04 bits per heavy atom. The van der Waals surface area contributed by atoms with E-state index < -0.39 is 5.60 Å². The summed E-state index contributed by atoms with van der Waals surface area (Å²) in [7, 11) is 3.38. The summed E-state index contributed by atoms with van der Waals surface area (Å²) < 4.78 is 10.6. The molecule has 7 nitrogen and oxygen atoms in total. The van der Waals surface area contributed by atoms with Crippen LogP contribution in [-0.4, -0.2) is 55.8 Å². The van der Waals surface area contributed by atoms with Crippen LogP contribution in [0, 0.1) is 0 Å². The predicted octanol–water partition coefficient (Wildman–Crippen LogP) is 2.60. The molecule has 1 aromatic rings. The molecule has 8 heteroatoms. The van der Waals surface area contributed by atoms with Crippen molar-refractivity contribution in [2.75, 3.05) is 27.2 Å². The molecule has 0 saturated carbocycles. The summed E-state index contributed by atoms with van der Waals surface area (Å²) in [5.74, 6) is 1.53. The van der Waals surface area contributed by atoms with Gasteiger partial charge in [0.1, 0.15) is 11.4 Å². The minimum Gasteiger partial charge on any atom is -0.497 e. The number of halogens is 1. The van der Waals surface area contributed by atoms with Crippen molar-refractivity contribution in [3.05, 3.63) is 29.8 Å². The molecule has 0 aromatic heterocycles. The summed E-state index contributed by atoms with van der Waals surface area (Å²) in [6.07, 6.45) is -0.273. The molecule has 0 aliphatic carbocycles. The smallest absolute Gasteiger partial charge is 0.410 e. The highest BCUT2D eigenvalue weighted by Crippen LogP contribution is 2.15. The molecule has 2 rings (SSSR count). The lowest BCUT2D eigenvalue weighted by molar-refractivity contribution is 0.00701. The van der Waals surface area contributed by atoms with Gasteiger partial charge in [0.15, 0.2) is 5.96 Å². The highest BCUT2D eigenvalue weighted by atomic mass is 127. The number of hydrogen-bond acceptors (Lipinski definition) is 4. The topological polar surface area (TPSA) is 75.2 Å². The molecule has 0 bridgehead atoms. The molecule has 2 N–H and O–H groups in total. The van der Waals surface area contributed by atoms with Crippen LogP contribution in [0.3, 0.4) is 0 Å². The predicted molar refractivity (Wildman–Crippen MR) is 113 cm³/mol. The third-order valence-corrected chi connectivity index (χ3v) is 3.69. The van der Waals surface area contributed by atoms with Gasteiger partial charge in [-0.3, -0.25) is 4.99 Å². The van der Waals surface area contributed by atoms with E-state index in [0.717, 1.165) is 11.3 Å². The van der Waals surface area contributed by atoms with E-state index in [9.17, 15) is 4.79 Å². The Balaban J connectivity index is 0.00000338.